The average Bonchev–Trinajstić information content (AvgIpc) is 2.46. The van der Waals surface area contributed by atoms with Crippen molar-refractivity contribution in [3.63, 3.8) is 0 Å². The Hall–Kier alpha value is -1.52. The summed E-state index contributed by atoms with van der Waals surface area (Å²) in [4.78, 5) is 11.7. The molecule has 0 aliphatic carbocycles. The molecule has 0 spiro atoms. The van der Waals surface area contributed by atoms with Crippen LogP contribution in [0.2, 0.25) is 5.02 Å². The Kier molecular flexibility index (Phi) is 7.26. The number of hydrogen-bond donors (Lipinski definition) is 2. The molecule has 1 rings (SSSR count). The van der Waals surface area contributed by atoms with E-state index in [2.05, 4.69) is 31.1 Å². The van der Waals surface area contributed by atoms with Gasteiger partial charge in [0.25, 0.3) is 5.91 Å². The van der Waals surface area contributed by atoms with E-state index in [0.29, 0.717) is 17.3 Å². The van der Waals surface area contributed by atoms with Gasteiger partial charge in [0.05, 0.1) is 5.02 Å². The molecule has 1 aromatic rings. The number of nitrogens with one attached hydrogen (secondary N) is 2. The lowest BCUT2D eigenvalue weighted by atomic mass is 10.1. The summed E-state index contributed by atoms with van der Waals surface area (Å²) in [7, 11) is 0. The van der Waals surface area contributed by atoms with Crippen molar-refractivity contribution in [2.75, 3.05) is 13.1 Å². The summed E-state index contributed by atoms with van der Waals surface area (Å²) < 4.78 is 5.60. The van der Waals surface area contributed by atoms with E-state index in [9.17, 15) is 4.79 Å². The first-order chi connectivity index (χ1) is 9.99. The van der Waals surface area contributed by atoms with Crippen molar-refractivity contribution in [1.82, 2.24) is 10.6 Å². The maximum Gasteiger partial charge on any atom is 0.261 e. The highest BCUT2D eigenvalue weighted by atomic mass is 35.5. The van der Waals surface area contributed by atoms with Gasteiger partial charge in [-0.1, -0.05) is 30.7 Å². The monoisotopic (exact) mass is 310 g/mol. The quantitative estimate of drug-likeness (QED) is 0.726. The Morgan fingerprint density at radius 3 is 2.76 bits per heavy atom. The minimum Gasteiger partial charge on any atom is -0.479 e. The zero-order valence-corrected chi connectivity index (χ0v) is 13.5. The van der Waals surface area contributed by atoms with E-state index in [-0.39, 0.29) is 11.9 Å². The van der Waals surface area contributed by atoms with Crippen LogP contribution in [0.25, 0.3) is 0 Å². The number of carbonyl (C=O) groups excluding carboxylic acids is 1. The fourth-order valence-corrected chi connectivity index (χ4v) is 2.10. The Morgan fingerprint density at radius 1 is 1.48 bits per heavy atom. The fourth-order valence-electron chi connectivity index (χ4n) is 1.87. The molecule has 0 aliphatic heterocycles. The van der Waals surface area contributed by atoms with Gasteiger partial charge in [0, 0.05) is 12.6 Å². The second-order valence-corrected chi connectivity index (χ2v) is 5.17. The Bertz CT molecular complexity index is 491. The molecule has 0 heterocycles. The molecule has 0 aromatic heterocycles. The molecule has 0 saturated carbocycles. The van der Waals surface area contributed by atoms with Gasteiger partial charge in [0.2, 0.25) is 0 Å². The van der Waals surface area contributed by atoms with E-state index in [4.69, 9.17) is 16.3 Å². The highest BCUT2D eigenvalue weighted by molar-refractivity contribution is 6.32. The van der Waals surface area contributed by atoms with Crippen LogP contribution < -0.4 is 15.4 Å². The molecule has 0 aliphatic rings. The zero-order valence-electron chi connectivity index (χ0n) is 12.8. The Morgan fingerprint density at radius 2 is 2.19 bits per heavy atom. The minimum atomic E-state index is -0.612. The topological polar surface area (TPSA) is 50.4 Å². The SMILES string of the molecule is C=CCNC(=O)C(C)Oc1ccc(C(C)NCC)cc1Cl. The summed E-state index contributed by atoms with van der Waals surface area (Å²) in [5.74, 6) is 0.307. The predicted octanol–water partition coefficient (Wildman–Crippen LogP) is 3.08. The van der Waals surface area contributed by atoms with Crippen molar-refractivity contribution >= 4 is 17.5 Å². The molecule has 4 nitrogen and oxygen atoms in total. The average molecular weight is 311 g/mol. The molecule has 0 bridgehead atoms. The van der Waals surface area contributed by atoms with Gasteiger partial charge in [-0.25, -0.2) is 0 Å². The van der Waals surface area contributed by atoms with Crippen molar-refractivity contribution in [3.05, 3.63) is 41.4 Å². The van der Waals surface area contributed by atoms with Gasteiger partial charge in [-0.3, -0.25) is 4.79 Å². The van der Waals surface area contributed by atoms with Gasteiger partial charge < -0.3 is 15.4 Å². The van der Waals surface area contributed by atoms with Crippen molar-refractivity contribution in [2.45, 2.75) is 32.9 Å². The summed E-state index contributed by atoms with van der Waals surface area (Å²) in [6.45, 7) is 10.7. The van der Waals surface area contributed by atoms with Crippen molar-refractivity contribution < 1.29 is 9.53 Å². The largest absolute Gasteiger partial charge is 0.479 e. The lowest BCUT2D eigenvalue weighted by Gasteiger charge is -2.17. The molecular formula is C16H23ClN2O2. The van der Waals surface area contributed by atoms with Gasteiger partial charge in [0.1, 0.15) is 5.75 Å². The van der Waals surface area contributed by atoms with Crippen molar-refractivity contribution in [3.8, 4) is 5.75 Å². The van der Waals surface area contributed by atoms with Gasteiger partial charge in [0.15, 0.2) is 6.10 Å². The van der Waals surface area contributed by atoms with Crippen LogP contribution in [0.4, 0.5) is 0 Å². The van der Waals surface area contributed by atoms with Crippen LogP contribution in [0.3, 0.4) is 0 Å². The standard InChI is InChI=1S/C16H23ClN2O2/c1-5-9-19-16(20)12(4)21-15-8-7-13(10-14(15)17)11(3)18-6-2/h5,7-8,10-12,18H,1,6,9H2,2-4H3,(H,19,20). The van der Waals surface area contributed by atoms with E-state index >= 15 is 0 Å². The van der Waals surface area contributed by atoms with E-state index in [0.717, 1.165) is 12.1 Å². The molecule has 2 unspecified atom stereocenters. The number of halogens is 1. The number of rotatable bonds is 8. The lowest BCUT2D eigenvalue weighted by molar-refractivity contribution is -0.127. The first-order valence-electron chi connectivity index (χ1n) is 7.07. The summed E-state index contributed by atoms with van der Waals surface area (Å²) in [5, 5.41) is 6.50. The number of hydrogen-bond acceptors (Lipinski definition) is 3. The third-order valence-corrected chi connectivity index (χ3v) is 3.36. The molecule has 0 radical (unpaired) electrons. The summed E-state index contributed by atoms with van der Waals surface area (Å²) >= 11 is 6.23. The molecular weight excluding hydrogens is 288 g/mol. The van der Waals surface area contributed by atoms with Crippen LogP contribution in [-0.4, -0.2) is 25.1 Å². The molecule has 2 N–H and O–H groups in total. The van der Waals surface area contributed by atoms with E-state index in [1.807, 2.05) is 12.1 Å². The maximum atomic E-state index is 11.7. The Balaban J connectivity index is 2.72. The van der Waals surface area contributed by atoms with Crippen LogP contribution in [-0.2, 0) is 4.79 Å². The molecule has 116 valence electrons. The zero-order chi connectivity index (χ0) is 15.8. The van der Waals surface area contributed by atoms with Gasteiger partial charge in [-0.05, 0) is 38.1 Å². The second kappa shape index (κ2) is 8.70. The first-order valence-corrected chi connectivity index (χ1v) is 7.45. The number of benzene rings is 1. The smallest absolute Gasteiger partial charge is 0.261 e. The molecule has 1 aromatic carbocycles. The van der Waals surface area contributed by atoms with Crippen molar-refractivity contribution in [1.29, 1.82) is 0 Å². The predicted molar refractivity (Wildman–Crippen MR) is 86.8 cm³/mol. The van der Waals surface area contributed by atoms with Crippen LogP contribution in [0.1, 0.15) is 32.4 Å². The summed E-state index contributed by atoms with van der Waals surface area (Å²) in [6.07, 6.45) is 1.01. The normalized spacial score (nSPS) is 13.3. The van der Waals surface area contributed by atoms with Gasteiger partial charge in [-0.15, -0.1) is 6.58 Å². The van der Waals surface area contributed by atoms with Crippen LogP contribution in [0.5, 0.6) is 5.75 Å². The van der Waals surface area contributed by atoms with Gasteiger partial charge in [-0.2, -0.15) is 0 Å². The second-order valence-electron chi connectivity index (χ2n) is 4.76. The molecule has 21 heavy (non-hydrogen) atoms. The number of carbonyl (C=O) groups is 1. The van der Waals surface area contributed by atoms with E-state index in [1.54, 1.807) is 19.1 Å². The van der Waals surface area contributed by atoms with E-state index < -0.39 is 6.10 Å². The maximum absolute atomic E-state index is 11.7. The minimum absolute atomic E-state index is 0.198. The van der Waals surface area contributed by atoms with Crippen LogP contribution in [0, 0.1) is 0 Å². The number of ether oxygens (including phenoxy) is 1. The molecule has 0 fully saturated rings. The van der Waals surface area contributed by atoms with Gasteiger partial charge >= 0.3 is 0 Å². The third kappa shape index (κ3) is 5.40. The van der Waals surface area contributed by atoms with Crippen LogP contribution in [0.15, 0.2) is 30.9 Å². The fraction of sp³-hybridized carbons (Fsp3) is 0.438. The molecule has 5 heteroatoms. The Labute approximate surface area is 131 Å². The van der Waals surface area contributed by atoms with Crippen LogP contribution >= 0.6 is 11.6 Å². The molecule has 0 saturated heterocycles. The first kappa shape index (κ1) is 17.5. The van der Waals surface area contributed by atoms with E-state index in [1.165, 1.54) is 0 Å². The molecule has 1 amide bonds. The van der Waals surface area contributed by atoms with Crippen molar-refractivity contribution in [2.24, 2.45) is 0 Å². The lowest BCUT2D eigenvalue weighted by Crippen LogP contribution is -2.36. The third-order valence-electron chi connectivity index (χ3n) is 3.06. The molecule has 2 atom stereocenters. The summed E-state index contributed by atoms with van der Waals surface area (Å²) in [6, 6.07) is 5.82. The highest BCUT2D eigenvalue weighted by Crippen LogP contribution is 2.28. The highest BCUT2D eigenvalue weighted by Gasteiger charge is 2.16. The number of amides is 1. The summed E-state index contributed by atoms with van der Waals surface area (Å²) in [5.41, 5.74) is 1.08.